The summed E-state index contributed by atoms with van der Waals surface area (Å²) in [5.74, 6) is -0.318. The van der Waals surface area contributed by atoms with Crippen LogP contribution in [0.15, 0.2) is 69.1 Å². The molecule has 0 fully saturated rings. The minimum atomic E-state index is -0.542. The topological polar surface area (TPSA) is 66.9 Å². The first-order valence-corrected chi connectivity index (χ1v) is 10.2. The lowest BCUT2D eigenvalue weighted by atomic mass is 9.77. The molecule has 2 aromatic carbocycles. The van der Waals surface area contributed by atoms with Gasteiger partial charge in [0.25, 0.3) is 5.56 Å². The van der Waals surface area contributed by atoms with Gasteiger partial charge in [-0.25, -0.2) is 9.07 Å². The predicted octanol–water partition coefficient (Wildman–Crippen LogP) is 4.63. The van der Waals surface area contributed by atoms with Crippen LogP contribution in [0.25, 0.3) is 5.69 Å². The molecule has 1 unspecified atom stereocenters. The standard InChI is InChI=1S/C22H17BrFN3O2/c23-14-11-12(9-10-15(14)24)18-19-16(7-4-8-17(19)28)25-21-20(18)22(29)27(26-21)13-5-2-1-3-6-13/h1-3,5-6,9-11,18,25-26H,4,7-8H2. The van der Waals surface area contributed by atoms with Gasteiger partial charge in [0.15, 0.2) is 5.78 Å². The first-order valence-electron chi connectivity index (χ1n) is 9.43. The van der Waals surface area contributed by atoms with E-state index in [0.29, 0.717) is 39.1 Å². The third kappa shape index (κ3) is 2.88. The van der Waals surface area contributed by atoms with E-state index in [1.54, 1.807) is 12.1 Å². The molecule has 5 rings (SSSR count). The Labute approximate surface area is 174 Å². The van der Waals surface area contributed by atoms with Crippen LogP contribution in [0.5, 0.6) is 0 Å². The lowest BCUT2D eigenvalue weighted by Gasteiger charge is -2.31. The van der Waals surface area contributed by atoms with Gasteiger partial charge in [0.1, 0.15) is 11.6 Å². The fourth-order valence-electron chi connectivity index (χ4n) is 4.22. The molecule has 1 aromatic heterocycles. The summed E-state index contributed by atoms with van der Waals surface area (Å²) in [5.41, 5.74) is 3.10. The predicted molar refractivity (Wildman–Crippen MR) is 112 cm³/mol. The number of nitrogens with zero attached hydrogens (tertiary/aromatic N) is 1. The van der Waals surface area contributed by atoms with Crippen LogP contribution in [0, 0.1) is 5.82 Å². The molecule has 0 saturated carbocycles. The van der Waals surface area contributed by atoms with Crippen LogP contribution in [0.2, 0.25) is 0 Å². The Bertz CT molecular complexity index is 1230. The van der Waals surface area contributed by atoms with Crippen molar-refractivity contribution >= 4 is 27.5 Å². The molecule has 2 heterocycles. The molecule has 0 radical (unpaired) electrons. The van der Waals surface area contributed by atoms with Crippen LogP contribution in [-0.2, 0) is 4.79 Å². The van der Waals surface area contributed by atoms with Gasteiger partial charge in [-0.3, -0.25) is 14.7 Å². The normalized spacial score (nSPS) is 18.3. The van der Waals surface area contributed by atoms with E-state index in [2.05, 4.69) is 26.3 Å². The first-order chi connectivity index (χ1) is 14.0. The molecule has 0 spiro atoms. The molecule has 3 aromatic rings. The summed E-state index contributed by atoms with van der Waals surface area (Å²) >= 11 is 3.23. The van der Waals surface area contributed by atoms with E-state index in [1.165, 1.54) is 10.7 Å². The maximum absolute atomic E-state index is 13.9. The number of allylic oxidation sites excluding steroid dienone is 2. The summed E-state index contributed by atoms with van der Waals surface area (Å²) in [6, 6.07) is 13.9. The Balaban J connectivity index is 1.76. The van der Waals surface area contributed by atoms with Crippen LogP contribution in [-0.4, -0.2) is 15.6 Å². The molecule has 29 heavy (non-hydrogen) atoms. The largest absolute Gasteiger partial charge is 0.343 e. The third-order valence-corrected chi connectivity index (χ3v) is 6.13. The highest BCUT2D eigenvalue weighted by molar-refractivity contribution is 9.10. The number of H-pyrrole nitrogens is 1. The van der Waals surface area contributed by atoms with E-state index in [-0.39, 0.29) is 17.2 Å². The van der Waals surface area contributed by atoms with E-state index in [1.807, 2.05) is 30.3 Å². The first kappa shape index (κ1) is 18.1. The molecule has 1 atom stereocenters. The van der Waals surface area contributed by atoms with Gasteiger partial charge in [-0.15, -0.1) is 0 Å². The van der Waals surface area contributed by atoms with Crippen molar-refractivity contribution in [2.75, 3.05) is 5.32 Å². The molecule has 0 bridgehead atoms. The van der Waals surface area contributed by atoms with Gasteiger partial charge in [0.05, 0.1) is 15.7 Å². The number of ketones is 1. The van der Waals surface area contributed by atoms with Gasteiger partial charge in [-0.2, -0.15) is 0 Å². The third-order valence-electron chi connectivity index (χ3n) is 5.53. The number of halogens is 2. The zero-order valence-electron chi connectivity index (χ0n) is 15.3. The van der Waals surface area contributed by atoms with Gasteiger partial charge < -0.3 is 5.32 Å². The van der Waals surface area contributed by atoms with Crippen LogP contribution in [0.4, 0.5) is 10.2 Å². The molecular formula is C22H17BrFN3O2. The van der Waals surface area contributed by atoms with Crippen molar-refractivity contribution < 1.29 is 9.18 Å². The van der Waals surface area contributed by atoms with Gasteiger partial charge in [0.2, 0.25) is 0 Å². The minimum absolute atomic E-state index is 0.0294. The maximum atomic E-state index is 13.9. The second-order valence-electron chi connectivity index (χ2n) is 7.28. The number of nitrogens with one attached hydrogen (secondary N) is 2. The summed E-state index contributed by atoms with van der Waals surface area (Å²) in [6.07, 6.45) is 1.95. The molecule has 1 aliphatic heterocycles. The summed E-state index contributed by atoms with van der Waals surface area (Å²) < 4.78 is 15.6. The van der Waals surface area contributed by atoms with Crippen molar-refractivity contribution in [2.45, 2.75) is 25.2 Å². The number of rotatable bonds is 2. The fourth-order valence-corrected chi connectivity index (χ4v) is 4.62. The molecule has 2 aliphatic rings. The number of carbonyl (C=O) groups is 1. The van der Waals surface area contributed by atoms with E-state index in [4.69, 9.17) is 0 Å². The van der Waals surface area contributed by atoms with E-state index < -0.39 is 5.92 Å². The quantitative estimate of drug-likeness (QED) is 0.594. The van der Waals surface area contributed by atoms with E-state index in [0.717, 1.165) is 18.5 Å². The number of Topliss-reactive ketones (excluding diaryl/α,β-unsaturated/α-hetero) is 1. The molecular weight excluding hydrogens is 437 g/mol. The zero-order chi connectivity index (χ0) is 20.1. The number of hydrogen-bond donors (Lipinski definition) is 2. The minimum Gasteiger partial charge on any atom is -0.343 e. The molecule has 2 N–H and O–H groups in total. The maximum Gasteiger partial charge on any atom is 0.277 e. The number of anilines is 1. The Hall–Kier alpha value is -2.93. The lowest BCUT2D eigenvalue weighted by molar-refractivity contribution is -0.116. The van der Waals surface area contributed by atoms with Gasteiger partial charge in [-0.1, -0.05) is 24.3 Å². The van der Waals surface area contributed by atoms with Crippen LogP contribution >= 0.6 is 15.9 Å². The Morgan fingerprint density at radius 2 is 1.86 bits per heavy atom. The second-order valence-corrected chi connectivity index (χ2v) is 8.13. The number of carbonyl (C=O) groups excluding carboxylic acids is 1. The number of para-hydroxylation sites is 1. The van der Waals surface area contributed by atoms with Gasteiger partial charge in [0, 0.05) is 23.6 Å². The number of benzene rings is 2. The number of hydrogen-bond acceptors (Lipinski definition) is 3. The van der Waals surface area contributed by atoms with Crippen LogP contribution < -0.4 is 10.9 Å². The monoisotopic (exact) mass is 453 g/mol. The number of aromatic amines is 1. The highest BCUT2D eigenvalue weighted by Gasteiger charge is 2.38. The van der Waals surface area contributed by atoms with Crippen molar-refractivity contribution in [3.63, 3.8) is 0 Å². The molecule has 7 heteroatoms. The van der Waals surface area contributed by atoms with Crippen molar-refractivity contribution in [1.82, 2.24) is 9.78 Å². The van der Waals surface area contributed by atoms with Crippen molar-refractivity contribution in [3.8, 4) is 5.69 Å². The van der Waals surface area contributed by atoms with Crippen molar-refractivity contribution in [1.29, 1.82) is 0 Å². The van der Waals surface area contributed by atoms with Gasteiger partial charge >= 0.3 is 0 Å². The van der Waals surface area contributed by atoms with Crippen LogP contribution in [0.1, 0.15) is 36.3 Å². The Morgan fingerprint density at radius 3 is 2.62 bits per heavy atom. The average molecular weight is 454 g/mol. The highest BCUT2D eigenvalue weighted by atomic mass is 79.9. The summed E-state index contributed by atoms with van der Waals surface area (Å²) in [7, 11) is 0. The second kappa shape index (κ2) is 6.84. The highest BCUT2D eigenvalue weighted by Crippen LogP contribution is 2.44. The summed E-state index contributed by atoms with van der Waals surface area (Å²) in [4.78, 5) is 26.3. The van der Waals surface area contributed by atoms with Gasteiger partial charge in [-0.05, 0) is 58.6 Å². The summed E-state index contributed by atoms with van der Waals surface area (Å²) in [6.45, 7) is 0. The smallest absolute Gasteiger partial charge is 0.277 e. The molecule has 5 nitrogen and oxygen atoms in total. The lowest BCUT2D eigenvalue weighted by Crippen LogP contribution is -2.29. The van der Waals surface area contributed by atoms with E-state index in [9.17, 15) is 14.0 Å². The van der Waals surface area contributed by atoms with Crippen molar-refractivity contribution in [2.24, 2.45) is 0 Å². The Morgan fingerprint density at radius 1 is 1.07 bits per heavy atom. The molecule has 146 valence electrons. The zero-order valence-corrected chi connectivity index (χ0v) is 16.9. The number of fused-ring (bicyclic) bond motifs is 1. The van der Waals surface area contributed by atoms with E-state index >= 15 is 0 Å². The molecule has 0 amide bonds. The fraction of sp³-hybridized carbons (Fsp3) is 0.182. The molecule has 1 aliphatic carbocycles. The molecule has 0 saturated heterocycles. The van der Waals surface area contributed by atoms with Crippen LogP contribution in [0.3, 0.4) is 0 Å². The number of aromatic nitrogens is 2. The Kier molecular flexibility index (Phi) is 4.28. The summed E-state index contributed by atoms with van der Waals surface area (Å²) in [5, 5.41) is 6.44. The van der Waals surface area contributed by atoms with Crippen molar-refractivity contribution in [3.05, 3.63) is 91.6 Å². The average Bonchev–Trinajstić information content (AvgIpc) is 3.06. The SMILES string of the molecule is O=C1CCCC2=C1C(c1ccc(F)c(Br)c1)c1c([nH]n(-c3ccccc3)c1=O)N2.